The Labute approximate surface area is 275 Å². The van der Waals surface area contributed by atoms with Gasteiger partial charge in [-0.25, -0.2) is 0 Å². The average molecular weight is 680 g/mol. The molecule has 13 nitrogen and oxygen atoms in total. The van der Waals surface area contributed by atoms with Crippen molar-refractivity contribution in [1.29, 1.82) is 0 Å². The molecule has 0 bridgehead atoms. The summed E-state index contributed by atoms with van der Waals surface area (Å²) in [4.78, 5) is 52.9. The molecule has 1 saturated heterocycles. The fourth-order valence-corrected chi connectivity index (χ4v) is 5.39. The van der Waals surface area contributed by atoms with E-state index < -0.39 is 22.6 Å². The number of carbonyl (C=O) groups is 4. The first-order valence-electron chi connectivity index (χ1n) is 15.5. The number of halogens is 1. The Balaban J connectivity index is 0.00000376. The Morgan fingerprint density at radius 3 is 2.23 bits per heavy atom. The van der Waals surface area contributed by atoms with Gasteiger partial charge in [0, 0.05) is 38.2 Å². The fraction of sp³-hybridized carbons (Fsp3) is 0.500. The van der Waals surface area contributed by atoms with E-state index in [-0.39, 0.29) is 48.4 Å². The second-order valence-corrected chi connectivity index (χ2v) is 12.1. The lowest BCUT2D eigenvalue weighted by Crippen LogP contribution is -2.48. The van der Waals surface area contributed by atoms with E-state index in [1.165, 1.54) is 24.3 Å². The molecule has 1 aliphatic rings. The molecular weight excluding hydrogens is 633 g/mol. The van der Waals surface area contributed by atoms with Gasteiger partial charge in [0.1, 0.15) is 17.8 Å². The van der Waals surface area contributed by atoms with Crippen molar-refractivity contribution in [3.05, 3.63) is 65.2 Å². The number of hydrogen-bond acceptors (Lipinski definition) is 9. The Morgan fingerprint density at radius 1 is 1.02 bits per heavy atom. The van der Waals surface area contributed by atoms with Gasteiger partial charge in [0.2, 0.25) is 17.7 Å². The van der Waals surface area contributed by atoms with E-state index in [4.69, 9.17) is 10.8 Å². The SMILES string of the molecule is CC(NC(=O)c1ccc(CNC(=O)C(CCCCN)NC(=O)CCc2ccc(OS(=O)(=O)F)cc2)cc1)C(=O)N1CCCC1C.CO. The minimum atomic E-state index is -5.12. The number of nitrogens with one attached hydrogen (secondary N) is 3. The first-order chi connectivity index (χ1) is 22.4. The van der Waals surface area contributed by atoms with E-state index >= 15 is 0 Å². The van der Waals surface area contributed by atoms with Crippen molar-refractivity contribution in [3.63, 3.8) is 0 Å². The summed E-state index contributed by atoms with van der Waals surface area (Å²) in [6.07, 6.45) is 4.00. The molecule has 0 aliphatic carbocycles. The van der Waals surface area contributed by atoms with Gasteiger partial charge >= 0.3 is 10.5 Å². The number of aliphatic hydroxyl groups excluding tert-OH is 1. The number of hydrogen-bond donors (Lipinski definition) is 5. The Hall–Kier alpha value is -4.08. The van der Waals surface area contributed by atoms with Crippen molar-refractivity contribution in [1.82, 2.24) is 20.9 Å². The second kappa shape index (κ2) is 19.6. The molecule has 2 aromatic carbocycles. The van der Waals surface area contributed by atoms with Gasteiger partial charge in [-0.15, -0.1) is 0 Å². The van der Waals surface area contributed by atoms with Gasteiger partial charge in [-0.1, -0.05) is 28.2 Å². The van der Waals surface area contributed by atoms with Gasteiger partial charge in [0.25, 0.3) is 5.91 Å². The monoisotopic (exact) mass is 679 g/mol. The highest BCUT2D eigenvalue weighted by Gasteiger charge is 2.29. The molecule has 0 saturated carbocycles. The molecule has 3 rings (SSSR count). The Morgan fingerprint density at radius 2 is 1.66 bits per heavy atom. The number of amides is 4. The number of aryl methyl sites for hydroxylation is 1. The van der Waals surface area contributed by atoms with Crippen LogP contribution in [0.5, 0.6) is 5.75 Å². The van der Waals surface area contributed by atoms with Crippen molar-refractivity contribution >= 4 is 34.1 Å². The summed E-state index contributed by atoms with van der Waals surface area (Å²) in [6, 6.07) is 11.0. The zero-order valence-corrected chi connectivity index (χ0v) is 27.9. The highest BCUT2D eigenvalue weighted by atomic mass is 32.3. The molecule has 15 heteroatoms. The van der Waals surface area contributed by atoms with Crippen LogP contribution in [0.2, 0.25) is 0 Å². The lowest BCUT2D eigenvalue weighted by molar-refractivity contribution is -0.133. The standard InChI is InChI=1S/C31H42FN5O7S.CH4O/c1-21-6-5-19-37(21)31(41)22(2)35-29(39)25-13-8-24(9-14-25)20-34-30(40)27(7-3-4-18-33)36-28(38)17-12-23-10-15-26(16-11-23)44-45(32,42)43;1-2/h8-11,13-16,21-22,27H,3-7,12,17-20,33H2,1-2H3,(H,34,40)(H,35,39)(H,36,38);2H,1H3. The summed E-state index contributed by atoms with van der Waals surface area (Å²) in [7, 11) is -4.12. The smallest absolute Gasteiger partial charge is 0.400 e. The van der Waals surface area contributed by atoms with Crippen molar-refractivity contribution in [2.45, 2.75) is 83.5 Å². The number of aliphatic hydroxyl groups is 1. The topological polar surface area (TPSA) is 197 Å². The van der Waals surface area contributed by atoms with Crippen LogP contribution in [0.4, 0.5) is 3.89 Å². The highest BCUT2D eigenvalue weighted by molar-refractivity contribution is 7.81. The lowest BCUT2D eigenvalue weighted by atomic mass is 10.1. The van der Waals surface area contributed by atoms with Gasteiger partial charge in [0.15, 0.2) is 0 Å². The normalized spacial score (nSPS) is 15.4. The Bertz CT molecular complexity index is 1420. The first kappa shape index (κ1) is 39.1. The van der Waals surface area contributed by atoms with E-state index in [1.54, 1.807) is 36.1 Å². The van der Waals surface area contributed by atoms with Crippen molar-refractivity contribution in [3.8, 4) is 5.75 Å². The van der Waals surface area contributed by atoms with E-state index in [0.29, 0.717) is 49.9 Å². The summed E-state index contributed by atoms with van der Waals surface area (Å²) in [5, 5.41) is 15.4. The molecule has 3 atom stereocenters. The zero-order chi connectivity index (χ0) is 35.0. The fourth-order valence-electron chi connectivity index (χ4n) is 5.05. The van der Waals surface area contributed by atoms with Crippen LogP contribution in [-0.4, -0.2) is 80.4 Å². The van der Waals surface area contributed by atoms with E-state index in [0.717, 1.165) is 25.5 Å². The second-order valence-electron chi connectivity index (χ2n) is 11.2. The summed E-state index contributed by atoms with van der Waals surface area (Å²) < 4.78 is 38.0. The lowest BCUT2D eigenvalue weighted by Gasteiger charge is -2.25. The van der Waals surface area contributed by atoms with E-state index in [2.05, 4.69) is 20.1 Å². The van der Waals surface area contributed by atoms with Gasteiger partial charge in [0.05, 0.1) is 0 Å². The molecule has 1 fully saturated rings. The molecule has 1 aliphatic heterocycles. The third kappa shape index (κ3) is 13.7. The average Bonchev–Trinajstić information content (AvgIpc) is 3.48. The number of nitrogens with two attached hydrogens (primary N) is 1. The van der Waals surface area contributed by atoms with Crippen LogP contribution in [0.15, 0.2) is 48.5 Å². The number of rotatable bonds is 16. The first-order valence-corrected chi connectivity index (χ1v) is 16.8. The third-order valence-electron chi connectivity index (χ3n) is 7.60. The predicted molar refractivity (Wildman–Crippen MR) is 174 cm³/mol. The molecule has 6 N–H and O–H groups in total. The summed E-state index contributed by atoms with van der Waals surface area (Å²) >= 11 is 0. The summed E-state index contributed by atoms with van der Waals surface area (Å²) in [6.45, 7) is 5.01. The van der Waals surface area contributed by atoms with Crippen LogP contribution in [0, 0.1) is 0 Å². The Kier molecular flexibility index (Phi) is 16.3. The van der Waals surface area contributed by atoms with E-state index in [1.807, 2.05) is 6.92 Å². The number of unbranched alkanes of at least 4 members (excludes halogenated alkanes) is 1. The van der Waals surface area contributed by atoms with Gasteiger partial charge in [-0.3, -0.25) is 19.2 Å². The maximum atomic E-state index is 13.0. The van der Waals surface area contributed by atoms with Crippen LogP contribution < -0.4 is 25.9 Å². The van der Waals surface area contributed by atoms with Crippen molar-refractivity contribution in [2.75, 3.05) is 20.2 Å². The van der Waals surface area contributed by atoms with Gasteiger partial charge in [-0.05, 0) is 94.3 Å². The number of carbonyl (C=O) groups excluding carboxylic acids is 4. The van der Waals surface area contributed by atoms with Crippen LogP contribution >= 0.6 is 0 Å². The molecule has 2 aromatic rings. The molecule has 3 unspecified atom stereocenters. The van der Waals surface area contributed by atoms with Crippen LogP contribution in [0.3, 0.4) is 0 Å². The minimum Gasteiger partial charge on any atom is -0.400 e. The van der Waals surface area contributed by atoms with Crippen molar-refractivity contribution in [2.24, 2.45) is 5.73 Å². The summed E-state index contributed by atoms with van der Waals surface area (Å²) in [5.74, 6) is -1.36. The molecule has 0 radical (unpaired) electrons. The quantitative estimate of drug-likeness (QED) is 0.130. The molecule has 260 valence electrons. The zero-order valence-electron chi connectivity index (χ0n) is 27.0. The van der Waals surface area contributed by atoms with E-state index in [9.17, 15) is 31.5 Å². The van der Waals surface area contributed by atoms with Crippen LogP contribution in [0.1, 0.15) is 73.9 Å². The minimum absolute atomic E-state index is 0.0626. The number of likely N-dealkylation sites (tertiary alicyclic amines) is 1. The molecule has 1 heterocycles. The maximum Gasteiger partial charge on any atom is 0.488 e. The summed E-state index contributed by atoms with van der Waals surface area (Å²) in [5.41, 5.74) is 7.42. The number of nitrogens with zero attached hydrogens (tertiary/aromatic N) is 1. The molecule has 4 amide bonds. The van der Waals surface area contributed by atoms with Crippen LogP contribution in [-0.2, 0) is 37.9 Å². The molecule has 47 heavy (non-hydrogen) atoms. The van der Waals surface area contributed by atoms with Crippen LogP contribution in [0.25, 0.3) is 0 Å². The predicted octanol–water partition coefficient (Wildman–Crippen LogP) is 1.88. The molecular formula is C32H46FN5O8S. The molecule has 0 aromatic heterocycles. The highest BCUT2D eigenvalue weighted by Crippen LogP contribution is 2.18. The third-order valence-corrected chi connectivity index (χ3v) is 7.99. The van der Waals surface area contributed by atoms with Crippen molar-refractivity contribution < 1.29 is 40.8 Å². The molecule has 0 spiro atoms. The largest absolute Gasteiger partial charge is 0.488 e. The van der Waals surface area contributed by atoms with Gasteiger partial charge < -0.3 is 35.9 Å². The van der Waals surface area contributed by atoms with Gasteiger partial charge in [-0.2, -0.15) is 8.42 Å². The number of benzene rings is 2. The maximum absolute atomic E-state index is 13.0.